The van der Waals surface area contributed by atoms with Crippen molar-refractivity contribution in [1.82, 2.24) is 9.88 Å². The maximum atomic E-state index is 10.6. The van der Waals surface area contributed by atoms with Gasteiger partial charge in [-0.1, -0.05) is 6.07 Å². The largest absolute Gasteiger partial charge is 0.368 e. The standard InChI is InChI=1S/C6H7N.C5H11N3O2/c1-6-3-2-4-7-5-6;1-8(3-4(7)9)5(10)2-6/h2-5H,1H3;2-3,6H2,1H3,(H2,7,9). The zero-order valence-electron chi connectivity index (χ0n) is 10.1. The second-order valence-corrected chi connectivity index (χ2v) is 3.45. The van der Waals surface area contributed by atoms with Crippen LogP contribution in [-0.2, 0) is 9.59 Å². The van der Waals surface area contributed by atoms with Crippen molar-refractivity contribution in [2.24, 2.45) is 11.5 Å². The van der Waals surface area contributed by atoms with Gasteiger partial charge in [-0.3, -0.25) is 14.6 Å². The number of carbonyl (C=O) groups excluding carboxylic acids is 2. The van der Waals surface area contributed by atoms with Gasteiger partial charge in [-0.2, -0.15) is 0 Å². The van der Waals surface area contributed by atoms with Gasteiger partial charge in [0, 0.05) is 19.4 Å². The van der Waals surface area contributed by atoms with Crippen molar-refractivity contribution < 1.29 is 9.59 Å². The summed E-state index contributed by atoms with van der Waals surface area (Å²) >= 11 is 0. The molecule has 94 valence electrons. The third-order valence-electron chi connectivity index (χ3n) is 1.80. The molecular formula is C11H18N4O2. The zero-order chi connectivity index (χ0) is 13.3. The van der Waals surface area contributed by atoms with Crippen LogP contribution in [0.25, 0.3) is 0 Å². The first-order chi connectivity index (χ1) is 7.97. The van der Waals surface area contributed by atoms with Crippen LogP contribution < -0.4 is 11.5 Å². The van der Waals surface area contributed by atoms with Crippen LogP contribution in [-0.4, -0.2) is 41.8 Å². The fraction of sp³-hybridized carbons (Fsp3) is 0.364. The van der Waals surface area contributed by atoms with E-state index in [-0.39, 0.29) is 19.0 Å². The third kappa shape index (κ3) is 7.92. The second kappa shape index (κ2) is 8.23. The highest BCUT2D eigenvalue weighted by atomic mass is 16.2. The highest BCUT2D eigenvalue weighted by Gasteiger charge is 2.07. The minimum absolute atomic E-state index is 0.0734. The van der Waals surface area contributed by atoms with Crippen LogP contribution in [0.4, 0.5) is 0 Å². The van der Waals surface area contributed by atoms with Gasteiger partial charge in [0.15, 0.2) is 0 Å². The Balaban J connectivity index is 0.000000318. The smallest absolute Gasteiger partial charge is 0.237 e. The van der Waals surface area contributed by atoms with E-state index in [1.165, 1.54) is 17.5 Å². The topological polar surface area (TPSA) is 102 Å². The molecule has 1 heterocycles. The lowest BCUT2D eigenvalue weighted by atomic mass is 10.3. The van der Waals surface area contributed by atoms with Gasteiger partial charge < -0.3 is 16.4 Å². The molecule has 4 N–H and O–H groups in total. The predicted octanol–water partition coefficient (Wildman–Crippen LogP) is -0.721. The van der Waals surface area contributed by atoms with Crippen LogP contribution in [0, 0.1) is 6.92 Å². The Kier molecular flexibility index (Phi) is 7.29. The molecule has 0 saturated carbocycles. The van der Waals surface area contributed by atoms with Gasteiger partial charge in [0.05, 0.1) is 13.1 Å². The van der Waals surface area contributed by atoms with Crippen molar-refractivity contribution in [3.05, 3.63) is 30.1 Å². The molecule has 0 fully saturated rings. The minimum atomic E-state index is -0.538. The van der Waals surface area contributed by atoms with Crippen LogP contribution >= 0.6 is 0 Å². The van der Waals surface area contributed by atoms with E-state index in [0.29, 0.717) is 0 Å². The monoisotopic (exact) mass is 238 g/mol. The van der Waals surface area contributed by atoms with Gasteiger partial charge >= 0.3 is 0 Å². The number of carbonyl (C=O) groups is 2. The first-order valence-corrected chi connectivity index (χ1v) is 5.06. The summed E-state index contributed by atoms with van der Waals surface area (Å²) in [6.45, 7) is 1.85. The van der Waals surface area contributed by atoms with Crippen LogP contribution in [0.1, 0.15) is 5.56 Å². The molecule has 6 heteroatoms. The van der Waals surface area contributed by atoms with Gasteiger partial charge in [0.25, 0.3) is 0 Å². The Hall–Kier alpha value is -1.95. The lowest BCUT2D eigenvalue weighted by molar-refractivity contribution is -0.132. The summed E-state index contributed by atoms with van der Waals surface area (Å²) in [7, 11) is 1.47. The van der Waals surface area contributed by atoms with Crippen molar-refractivity contribution >= 4 is 11.8 Å². The van der Waals surface area contributed by atoms with Crippen LogP contribution in [0.2, 0.25) is 0 Å². The maximum Gasteiger partial charge on any atom is 0.237 e. The molecule has 0 atom stereocenters. The summed E-state index contributed by atoms with van der Waals surface area (Å²) < 4.78 is 0. The van der Waals surface area contributed by atoms with Crippen LogP contribution in [0.3, 0.4) is 0 Å². The molecule has 0 aliphatic heterocycles. The Morgan fingerprint density at radius 2 is 2.12 bits per heavy atom. The number of nitrogens with zero attached hydrogens (tertiary/aromatic N) is 2. The fourth-order valence-electron chi connectivity index (χ4n) is 0.926. The Bertz CT molecular complexity index is 354. The Morgan fingerprint density at radius 1 is 1.47 bits per heavy atom. The molecule has 0 unspecified atom stereocenters. The summed E-state index contributed by atoms with van der Waals surface area (Å²) in [6, 6.07) is 3.95. The van der Waals surface area contributed by atoms with Crippen LogP contribution in [0.5, 0.6) is 0 Å². The zero-order valence-corrected chi connectivity index (χ0v) is 10.1. The number of aromatic nitrogens is 1. The van der Waals surface area contributed by atoms with Gasteiger partial charge in [0.1, 0.15) is 0 Å². The van der Waals surface area contributed by atoms with Crippen molar-refractivity contribution in [3.63, 3.8) is 0 Å². The van der Waals surface area contributed by atoms with E-state index >= 15 is 0 Å². The van der Waals surface area contributed by atoms with E-state index in [9.17, 15) is 9.59 Å². The van der Waals surface area contributed by atoms with E-state index in [1.807, 2.05) is 25.3 Å². The van der Waals surface area contributed by atoms with Crippen molar-refractivity contribution in [1.29, 1.82) is 0 Å². The number of pyridine rings is 1. The molecule has 0 radical (unpaired) electrons. The van der Waals surface area contributed by atoms with E-state index in [4.69, 9.17) is 11.5 Å². The van der Waals surface area contributed by atoms with E-state index in [2.05, 4.69) is 4.98 Å². The van der Waals surface area contributed by atoms with Crippen molar-refractivity contribution in [2.75, 3.05) is 20.1 Å². The normalized spacial score (nSPS) is 8.88. The predicted molar refractivity (Wildman–Crippen MR) is 64.9 cm³/mol. The van der Waals surface area contributed by atoms with Gasteiger partial charge in [-0.05, 0) is 18.6 Å². The average Bonchev–Trinajstić information content (AvgIpc) is 2.29. The molecule has 1 aromatic heterocycles. The highest BCUT2D eigenvalue weighted by Crippen LogP contribution is 1.88. The first-order valence-electron chi connectivity index (χ1n) is 5.06. The summed E-state index contributed by atoms with van der Waals surface area (Å²) in [5, 5.41) is 0. The lowest BCUT2D eigenvalue weighted by Crippen LogP contribution is -2.38. The lowest BCUT2D eigenvalue weighted by Gasteiger charge is -2.12. The summed E-state index contributed by atoms with van der Waals surface area (Å²) in [5.41, 5.74) is 11.0. The number of primary amides is 1. The number of aryl methyl sites for hydroxylation is 1. The summed E-state index contributed by atoms with van der Waals surface area (Å²) in [6.07, 6.45) is 3.60. The van der Waals surface area contributed by atoms with E-state index in [1.54, 1.807) is 6.20 Å². The molecule has 1 aromatic rings. The van der Waals surface area contributed by atoms with Gasteiger partial charge in [0.2, 0.25) is 11.8 Å². The molecule has 2 amide bonds. The average molecular weight is 238 g/mol. The van der Waals surface area contributed by atoms with Gasteiger partial charge in [-0.25, -0.2) is 0 Å². The third-order valence-corrected chi connectivity index (χ3v) is 1.80. The summed E-state index contributed by atoms with van der Waals surface area (Å²) in [4.78, 5) is 25.9. The molecule has 0 aliphatic carbocycles. The highest BCUT2D eigenvalue weighted by molar-refractivity contribution is 5.84. The maximum absolute atomic E-state index is 10.6. The molecule has 6 nitrogen and oxygen atoms in total. The first kappa shape index (κ1) is 15.0. The molecule has 0 saturated heterocycles. The van der Waals surface area contributed by atoms with Crippen molar-refractivity contribution in [2.45, 2.75) is 6.92 Å². The SMILES string of the molecule is CN(CC(N)=O)C(=O)CN.Cc1cccnc1. The van der Waals surface area contributed by atoms with Crippen LogP contribution in [0.15, 0.2) is 24.5 Å². The van der Waals surface area contributed by atoms with E-state index in [0.717, 1.165) is 0 Å². The molecular weight excluding hydrogens is 220 g/mol. The second-order valence-electron chi connectivity index (χ2n) is 3.45. The van der Waals surface area contributed by atoms with Crippen molar-refractivity contribution in [3.8, 4) is 0 Å². The number of nitrogens with two attached hydrogens (primary N) is 2. The molecule has 0 spiro atoms. The Labute approximate surface area is 101 Å². The fourth-order valence-corrected chi connectivity index (χ4v) is 0.926. The number of hydrogen-bond acceptors (Lipinski definition) is 4. The summed E-state index contributed by atoms with van der Waals surface area (Å²) in [5.74, 6) is -0.830. The number of rotatable bonds is 3. The molecule has 1 rings (SSSR count). The quantitative estimate of drug-likeness (QED) is 0.725. The van der Waals surface area contributed by atoms with Gasteiger partial charge in [-0.15, -0.1) is 0 Å². The molecule has 17 heavy (non-hydrogen) atoms. The number of hydrogen-bond donors (Lipinski definition) is 2. The number of likely N-dealkylation sites (N-methyl/N-ethyl adjacent to an activating group) is 1. The number of amides is 2. The minimum Gasteiger partial charge on any atom is -0.368 e. The Morgan fingerprint density at radius 3 is 2.41 bits per heavy atom. The van der Waals surface area contributed by atoms with E-state index < -0.39 is 5.91 Å². The molecule has 0 aromatic carbocycles. The molecule has 0 bridgehead atoms. The molecule has 0 aliphatic rings.